The van der Waals surface area contributed by atoms with Crippen LogP contribution in [0.2, 0.25) is 0 Å². The molecule has 0 aromatic carbocycles. The van der Waals surface area contributed by atoms with Crippen molar-refractivity contribution in [2.24, 2.45) is 0 Å². The molecule has 1 unspecified atom stereocenters. The van der Waals surface area contributed by atoms with E-state index >= 15 is 0 Å². The van der Waals surface area contributed by atoms with Crippen LogP contribution in [-0.2, 0) is 9.53 Å². The number of rotatable bonds is 5. The molecule has 1 atom stereocenters. The number of ketones is 1. The van der Waals surface area contributed by atoms with E-state index < -0.39 is 0 Å². The molecule has 0 aromatic heterocycles. The van der Waals surface area contributed by atoms with Crippen LogP contribution in [0.15, 0.2) is 0 Å². The molecule has 0 aliphatic carbocycles. The molecule has 0 aromatic rings. The number of unbranched alkanes of at least 4 members (excludes halogenated alkanes) is 2. The molecule has 1 aliphatic heterocycles. The summed E-state index contributed by atoms with van der Waals surface area (Å²) in [5.41, 5.74) is -0.163. The Morgan fingerprint density at radius 2 is 2.00 bits per heavy atom. The van der Waals surface area contributed by atoms with Gasteiger partial charge in [0.05, 0.1) is 5.60 Å². The molecule has 12 heavy (non-hydrogen) atoms. The molecule has 0 amide bonds. The van der Waals surface area contributed by atoms with E-state index in [-0.39, 0.29) is 17.5 Å². The third kappa shape index (κ3) is 2.31. The normalized spacial score (nSPS) is 25.4. The highest BCUT2D eigenvalue weighted by atomic mass is 16.6. The number of hydrogen-bond acceptors (Lipinski definition) is 2. The molecule has 2 heteroatoms. The van der Waals surface area contributed by atoms with E-state index in [9.17, 15) is 4.79 Å². The summed E-state index contributed by atoms with van der Waals surface area (Å²) in [6, 6.07) is 0. The Hall–Kier alpha value is -0.370. The largest absolute Gasteiger partial charge is 0.358 e. The first-order valence-electron chi connectivity index (χ1n) is 4.78. The average molecular weight is 170 g/mol. The molecule has 1 heterocycles. The monoisotopic (exact) mass is 170 g/mol. The Morgan fingerprint density at radius 1 is 1.42 bits per heavy atom. The second kappa shape index (κ2) is 3.56. The van der Waals surface area contributed by atoms with Crippen LogP contribution in [0.1, 0.15) is 46.5 Å². The van der Waals surface area contributed by atoms with Crippen LogP contribution in [0, 0.1) is 0 Å². The minimum atomic E-state index is -0.163. The van der Waals surface area contributed by atoms with Crippen molar-refractivity contribution < 1.29 is 9.53 Å². The van der Waals surface area contributed by atoms with Gasteiger partial charge in [0.15, 0.2) is 5.78 Å². The van der Waals surface area contributed by atoms with Gasteiger partial charge in [0.25, 0.3) is 0 Å². The number of hydrogen-bond donors (Lipinski definition) is 0. The molecule has 1 rings (SSSR count). The van der Waals surface area contributed by atoms with Crippen LogP contribution < -0.4 is 0 Å². The molecule has 1 aliphatic rings. The van der Waals surface area contributed by atoms with Crippen molar-refractivity contribution in [2.75, 3.05) is 0 Å². The van der Waals surface area contributed by atoms with Crippen molar-refractivity contribution in [3.8, 4) is 0 Å². The van der Waals surface area contributed by atoms with Gasteiger partial charge in [-0.25, -0.2) is 0 Å². The van der Waals surface area contributed by atoms with Gasteiger partial charge in [-0.1, -0.05) is 19.8 Å². The summed E-state index contributed by atoms with van der Waals surface area (Å²) in [5.74, 6) is 0.286. The minimum Gasteiger partial charge on any atom is -0.358 e. The predicted octanol–water partition coefficient (Wildman–Crippen LogP) is 2.31. The standard InChI is InChI=1S/C10H18O2/c1-4-5-6-7-8(11)9-10(2,3)12-9/h9H,4-7H2,1-3H3. The van der Waals surface area contributed by atoms with Crippen molar-refractivity contribution in [1.82, 2.24) is 0 Å². The Morgan fingerprint density at radius 3 is 2.42 bits per heavy atom. The van der Waals surface area contributed by atoms with Gasteiger partial charge in [0.1, 0.15) is 6.10 Å². The SMILES string of the molecule is CCCCCC(=O)C1OC1(C)C. The summed E-state index contributed by atoms with van der Waals surface area (Å²) in [5, 5.41) is 0. The highest BCUT2D eigenvalue weighted by Gasteiger charge is 2.51. The van der Waals surface area contributed by atoms with Gasteiger partial charge < -0.3 is 4.74 Å². The summed E-state index contributed by atoms with van der Waals surface area (Å²) >= 11 is 0. The van der Waals surface area contributed by atoms with Gasteiger partial charge >= 0.3 is 0 Å². The molecule has 2 nitrogen and oxygen atoms in total. The third-order valence-corrected chi connectivity index (χ3v) is 2.31. The summed E-state index contributed by atoms with van der Waals surface area (Å²) in [6.07, 6.45) is 3.93. The molecular weight excluding hydrogens is 152 g/mol. The summed E-state index contributed by atoms with van der Waals surface area (Å²) in [7, 11) is 0. The maximum absolute atomic E-state index is 11.4. The maximum atomic E-state index is 11.4. The minimum absolute atomic E-state index is 0.102. The zero-order valence-electron chi connectivity index (χ0n) is 8.22. The number of ether oxygens (including phenoxy) is 1. The van der Waals surface area contributed by atoms with Gasteiger partial charge in [-0.05, 0) is 20.3 Å². The summed E-state index contributed by atoms with van der Waals surface area (Å²) < 4.78 is 5.25. The summed E-state index contributed by atoms with van der Waals surface area (Å²) in [4.78, 5) is 11.4. The smallest absolute Gasteiger partial charge is 0.164 e. The first-order valence-corrected chi connectivity index (χ1v) is 4.78. The fourth-order valence-corrected chi connectivity index (χ4v) is 1.40. The molecule has 1 fully saturated rings. The zero-order valence-corrected chi connectivity index (χ0v) is 8.22. The van der Waals surface area contributed by atoms with Crippen molar-refractivity contribution in [3.63, 3.8) is 0 Å². The van der Waals surface area contributed by atoms with E-state index in [1.807, 2.05) is 13.8 Å². The summed E-state index contributed by atoms with van der Waals surface area (Å²) in [6.45, 7) is 6.08. The Balaban J connectivity index is 2.14. The Kier molecular flexibility index (Phi) is 2.89. The molecule has 0 radical (unpaired) electrons. The van der Waals surface area contributed by atoms with E-state index in [4.69, 9.17) is 4.74 Å². The van der Waals surface area contributed by atoms with Gasteiger partial charge in [-0.3, -0.25) is 4.79 Å². The third-order valence-electron chi connectivity index (χ3n) is 2.31. The number of carbonyl (C=O) groups is 1. The lowest BCUT2D eigenvalue weighted by Gasteiger charge is -1.97. The van der Waals surface area contributed by atoms with E-state index in [0.29, 0.717) is 6.42 Å². The fraction of sp³-hybridized carbons (Fsp3) is 0.900. The molecule has 0 saturated carbocycles. The molecule has 0 bridgehead atoms. The van der Waals surface area contributed by atoms with E-state index in [1.165, 1.54) is 6.42 Å². The van der Waals surface area contributed by atoms with Crippen molar-refractivity contribution >= 4 is 5.78 Å². The van der Waals surface area contributed by atoms with Crippen LogP contribution in [0.25, 0.3) is 0 Å². The Labute approximate surface area is 74.3 Å². The topological polar surface area (TPSA) is 29.6 Å². The molecular formula is C10H18O2. The molecule has 1 saturated heterocycles. The lowest BCUT2D eigenvalue weighted by molar-refractivity contribution is -0.120. The quantitative estimate of drug-likeness (QED) is 0.468. The molecule has 0 spiro atoms. The van der Waals surface area contributed by atoms with Gasteiger partial charge in [-0.15, -0.1) is 0 Å². The zero-order chi connectivity index (χ0) is 9.19. The van der Waals surface area contributed by atoms with Gasteiger partial charge in [0.2, 0.25) is 0 Å². The highest BCUT2D eigenvalue weighted by molar-refractivity contribution is 5.86. The molecule has 70 valence electrons. The number of carbonyl (C=O) groups excluding carboxylic acids is 1. The Bertz CT molecular complexity index is 173. The second-order valence-electron chi connectivity index (χ2n) is 4.02. The number of epoxide rings is 1. The average Bonchev–Trinajstić information content (AvgIpc) is 2.60. The van der Waals surface area contributed by atoms with Crippen LogP contribution in [0.5, 0.6) is 0 Å². The van der Waals surface area contributed by atoms with E-state index in [0.717, 1.165) is 12.8 Å². The van der Waals surface area contributed by atoms with Crippen LogP contribution in [0.4, 0.5) is 0 Å². The molecule has 0 N–H and O–H groups in total. The van der Waals surface area contributed by atoms with Crippen LogP contribution >= 0.6 is 0 Å². The van der Waals surface area contributed by atoms with Crippen LogP contribution in [0.3, 0.4) is 0 Å². The highest BCUT2D eigenvalue weighted by Crippen LogP contribution is 2.36. The van der Waals surface area contributed by atoms with Crippen molar-refractivity contribution in [2.45, 2.75) is 58.2 Å². The van der Waals surface area contributed by atoms with Gasteiger partial charge in [0, 0.05) is 6.42 Å². The fourth-order valence-electron chi connectivity index (χ4n) is 1.40. The van der Waals surface area contributed by atoms with Crippen LogP contribution in [-0.4, -0.2) is 17.5 Å². The lowest BCUT2D eigenvalue weighted by atomic mass is 10.0. The number of Topliss-reactive ketones (excluding diaryl/α,β-unsaturated/α-hetero) is 1. The van der Waals surface area contributed by atoms with Crippen molar-refractivity contribution in [3.05, 3.63) is 0 Å². The van der Waals surface area contributed by atoms with Gasteiger partial charge in [-0.2, -0.15) is 0 Å². The predicted molar refractivity (Wildman–Crippen MR) is 48.1 cm³/mol. The van der Waals surface area contributed by atoms with E-state index in [2.05, 4.69) is 6.92 Å². The second-order valence-corrected chi connectivity index (χ2v) is 4.02. The maximum Gasteiger partial charge on any atom is 0.164 e. The lowest BCUT2D eigenvalue weighted by Crippen LogP contribution is -2.14. The van der Waals surface area contributed by atoms with E-state index in [1.54, 1.807) is 0 Å². The first kappa shape index (κ1) is 9.72. The first-order chi connectivity index (χ1) is 5.58. The van der Waals surface area contributed by atoms with Crippen molar-refractivity contribution in [1.29, 1.82) is 0 Å².